The predicted molar refractivity (Wildman–Crippen MR) is 77.8 cm³/mol. The Morgan fingerprint density at radius 1 is 1.38 bits per heavy atom. The first-order chi connectivity index (χ1) is 9.45. The topological polar surface area (TPSA) is 49.3 Å². The van der Waals surface area contributed by atoms with Gasteiger partial charge in [0.15, 0.2) is 0 Å². The minimum atomic E-state index is -5.07. The smallest absolute Gasteiger partial charge is 0.373 e. The molecule has 0 fully saturated rings. The summed E-state index contributed by atoms with van der Waals surface area (Å²) in [7, 11) is 0. The van der Waals surface area contributed by atoms with E-state index in [0.29, 0.717) is 12.2 Å². The van der Waals surface area contributed by atoms with Crippen molar-refractivity contribution in [1.29, 1.82) is 0 Å². The minimum absolute atomic E-state index is 0.0132. The van der Waals surface area contributed by atoms with Crippen LogP contribution in [0.1, 0.15) is 20.8 Å². The van der Waals surface area contributed by atoms with Crippen LogP contribution in [0, 0.1) is 0 Å². The molecule has 0 saturated heterocycles. The first kappa shape index (κ1) is 18.1. The molecule has 0 bridgehead atoms. The van der Waals surface area contributed by atoms with Gasteiger partial charge in [-0.3, -0.25) is 4.79 Å². The lowest BCUT2D eigenvalue weighted by Crippen LogP contribution is -2.52. The molecule has 1 aromatic rings. The highest BCUT2D eigenvalue weighted by atomic mass is 35.5. The Bertz CT molecular complexity index is 533. The van der Waals surface area contributed by atoms with Gasteiger partial charge in [-0.15, -0.1) is 11.8 Å². The Labute approximate surface area is 129 Å². The van der Waals surface area contributed by atoms with Crippen molar-refractivity contribution in [1.82, 2.24) is 0 Å². The van der Waals surface area contributed by atoms with Crippen LogP contribution >= 0.6 is 23.4 Å². The fourth-order valence-corrected chi connectivity index (χ4v) is 2.48. The fourth-order valence-electron chi connectivity index (χ4n) is 1.32. The summed E-state index contributed by atoms with van der Waals surface area (Å²) in [6, 6.07) is 4.58. The van der Waals surface area contributed by atoms with Crippen LogP contribution in [0.15, 0.2) is 23.1 Å². The van der Waals surface area contributed by atoms with Gasteiger partial charge in [-0.1, -0.05) is 25.4 Å². The number of nitrogens with one attached hydrogen (secondary N) is 1. The summed E-state index contributed by atoms with van der Waals surface area (Å²) < 4.78 is 37.6. The van der Waals surface area contributed by atoms with E-state index in [2.05, 4.69) is 0 Å². The second kappa shape index (κ2) is 6.46. The van der Waals surface area contributed by atoms with Gasteiger partial charge in [0.2, 0.25) is 5.60 Å². The zero-order valence-electron chi connectivity index (χ0n) is 11.6. The summed E-state index contributed by atoms with van der Waals surface area (Å²) in [4.78, 5) is 12.4. The van der Waals surface area contributed by atoms with E-state index in [1.807, 2.05) is 19.2 Å². The van der Waals surface area contributed by atoms with Gasteiger partial charge in [0.1, 0.15) is 0 Å². The quantitative estimate of drug-likeness (QED) is 0.811. The molecule has 1 atom stereocenters. The lowest BCUT2D eigenvalue weighted by molar-refractivity contribution is -0.242. The van der Waals surface area contributed by atoms with Gasteiger partial charge in [0.25, 0.3) is 5.91 Å². The highest BCUT2D eigenvalue weighted by molar-refractivity contribution is 7.99. The number of rotatable bonds is 4. The van der Waals surface area contributed by atoms with Crippen molar-refractivity contribution in [2.45, 2.75) is 42.7 Å². The molecule has 0 saturated carbocycles. The van der Waals surface area contributed by atoms with Crippen LogP contribution in [-0.2, 0) is 4.79 Å². The molecule has 2 N–H and O–H groups in total. The number of benzene rings is 1. The highest BCUT2D eigenvalue weighted by Gasteiger charge is 2.55. The van der Waals surface area contributed by atoms with Crippen LogP contribution in [0.2, 0.25) is 5.02 Å². The van der Waals surface area contributed by atoms with Crippen LogP contribution < -0.4 is 5.32 Å². The molecule has 118 valence electrons. The summed E-state index contributed by atoms with van der Waals surface area (Å²) in [6.45, 7) is 4.35. The second-order valence-electron chi connectivity index (χ2n) is 4.83. The van der Waals surface area contributed by atoms with Gasteiger partial charge in [0, 0.05) is 10.1 Å². The van der Waals surface area contributed by atoms with E-state index in [1.165, 1.54) is 17.8 Å². The number of halogens is 4. The molecule has 0 aliphatic rings. The predicted octanol–water partition coefficient (Wildman–Crippen LogP) is 4.09. The third kappa shape index (κ3) is 4.52. The first-order valence-corrected chi connectivity index (χ1v) is 7.27. The maximum absolute atomic E-state index is 12.5. The first-order valence-electron chi connectivity index (χ1n) is 6.02. The van der Waals surface area contributed by atoms with Crippen molar-refractivity contribution in [3.63, 3.8) is 0 Å². The molecular formula is C13H15ClF3NO2S. The molecule has 1 amide bonds. The van der Waals surface area contributed by atoms with Gasteiger partial charge in [-0.05, 0) is 25.1 Å². The number of thioether (sulfide) groups is 1. The molecule has 0 aliphatic heterocycles. The Morgan fingerprint density at radius 3 is 2.38 bits per heavy atom. The molecule has 1 aromatic carbocycles. The average Bonchev–Trinajstić information content (AvgIpc) is 2.30. The lowest BCUT2D eigenvalue weighted by Gasteiger charge is -2.25. The third-order valence-electron chi connectivity index (χ3n) is 2.55. The number of alkyl halides is 3. The number of hydrogen-bond acceptors (Lipinski definition) is 3. The van der Waals surface area contributed by atoms with Gasteiger partial charge >= 0.3 is 6.18 Å². The monoisotopic (exact) mass is 341 g/mol. The van der Waals surface area contributed by atoms with E-state index < -0.39 is 17.7 Å². The largest absolute Gasteiger partial charge is 0.426 e. The SMILES string of the molecule is CC(C)Sc1ccc(NC(=O)C(C)(O)C(F)(F)F)c(Cl)c1. The Hall–Kier alpha value is -0.920. The normalized spacial score (nSPS) is 14.9. The Kier molecular flexibility index (Phi) is 5.57. The van der Waals surface area contributed by atoms with Crippen LogP contribution in [0.3, 0.4) is 0 Å². The van der Waals surface area contributed by atoms with E-state index in [9.17, 15) is 23.1 Å². The van der Waals surface area contributed by atoms with Gasteiger partial charge in [-0.2, -0.15) is 13.2 Å². The fraction of sp³-hybridized carbons (Fsp3) is 0.462. The summed E-state index contributed by atoms with van der Waals surface area (Å²) in [5.74, 6) is -1.58. The van der Waals surface area contributed by atoms with Gasteiger partial charge in [-0.25, -0.2) is 0 Å². The van der Waals surface area contributed by atoms with Gasteiger partial charge in [0.05, 0.1) is 10.7 Å². The number of hydrogen-bond donors (Lipinski definition) is 2. The number of aliphatic hydroxyl groups is 1. The molecule has 0 radical (unpaired) electrons. The number of amides is 1. The summed E-state index contributed by atoms with van der Waals surface area (Å²) in [5.41, 5.74) is -3.47. The van der Waals surface area contributed by atoms with Crippen LogP contribution in [0.4, 0.5) is 18.9 Å². The molecule has 0 aliphatic carbocycles. The molecule has 1 unspecified atom stereocenters. The van der Waals surface area contributed by atoms with E-state index in [0.717, 1.165) is 4.90 Å². The molecular weight excluding hydrogens is 327 g/mol. The van der Waals surface area contributed by atoms with Gasteiger partial charge < -0.3 is 10.4 Å². The van der Waals surface area contributed by atoms with Crippen molar-refractivity contribution >= 4 is 35.0 Å². The molecule has 21 heavy (non-hydrogen) atoms. The molecule has 3 nitrogen and oxygen atoms in total. The van der Waals surface area contributed by atoms with Crippen molar-refractivity contribution in [3.8, 4) is 0 Å². The zero-order chi connectivity index (χ0) is 16.4. The highest BCUT2D eigenvalue weighted by Crippen LogP contribution is 2.34. The molecule has 8 heteroatoms. The minimum Gasteiger partial charge on any atom is -0.373 e. The van der Waals surface area contributed by atoms with Crippen molar-refractivity contribution in [2.24, 2.45) is 0 Å². The van der Waals surface area contributed by atoms with Crippen molar-refractivity contribution < 1.29 is 23.1 Å². The average molecular weight is 342 g/mol. The third-order valence-corrected chi connectivity index (χ3v) is 3.86. The Morgan fingerprint density at radius 2 is 1.95 bits per heavy atom. The number of carbonyl (C=O) groups is 1. The van der Waals surface area contributed by atoms with Crippen LogP contribution in [-0.4, -0.2) is 28.0 Å². The molecule has 0 aromatic heterocycles. The number of anilines is 1. The van der Waals surface area contributed by atoms with Crippen LogP contribution in [0.25, 0.3) is 0 Å². The Balaban J connectivity index is 2.92. The summed E-state index contributed by atoms with van der Waals surface area (Å²) in [6.07, 6.45) is -5.07. The van der Waals surface area contributed by atoms with E-state index in [4.69, 9.17) is 11.6 Å². The number of carbonyl (C=O) groups excluding carboxylic acids is 1. The molecule has 0 heterocycles. The summed E-state index contributed by atoms with van der Waals surface area (Å²) >= 11 is 7.45. The second-order valence-corrected chi connectivity index (χ2v) is 6.89. The van der Waals surface area contributed by atoms with E-state index in [1.54, 1.807) is 12.1 Å². The molecule has 0 spiro atoms. The standard InChI is InChI=1S/C13H15ClF3NO2S/c1-7(2)21-8-4-5-10(9(14)6-8)18-11(19)12(3,20)13(15,16)17/h4-7,20H,1-3H3,(H,18,19). The maximum Gasteiger partial charge on any atom is 0.426 e. The lowest BCUT2D eigenvalue weighted by atomic mass is 10.1. The van der Waals surface area contributed by atoms with E-state index >= 15 is 0 Å². The van der Waals surface area contributed by atoms with E-state index in [-0.39, 0.29) is 10.7 Å². The maximum atomic E-state index is 12.5. The van der Waals surface area contributed by atoms with Crippen LogP contribution in [0.5, 0.6) is 0 Å². The van der Waals surface area contributed by atoms with Crippen molar-refractivity contribution in [2.75, 3.05) is 5.32 Å². The van der Waals surface area contributed by atoms with Crippen molar-refractivity contribution in [3.05, 3.63) is 23.2 Å². The summed E-state index contributed by atoms with van der Waals surface area (Å²) in [5, 5.41) is 11.7. The molecule has 1 rings (SSSR count). The zero-order valence-corrected chi connectivity index (χ0v) is 13.2.